The fourth-order valence-electron chi connectivity index (χ4n) is 2.64. The van der Waals surface area contributed by atoms with E-state index in [1.54, 1.807) is 11.8 Å². The van der Waals surface area contributed by atoms with E-state index in [-0.39, 0.29) is 24.6 Å². The van der Waals surface area contributed by atoms with Crippen molar-refractivity contribution in [3.8, 4) is 0 Å². The Morgan fingerprint density at radius 1 is 1.32 bits per heavy atom. The van der Waals surface area contributed by atoms with Crippen molar-refractivity contribution in [2.75, 3.05) is 0 Å². The van der Waals surface area contributed by atoms with E-state index in [0.717, 1.165) is 12.1 Å². The van der Waals surface area contributed by atoms with Crippen molar-refractivity contribution in [1.29, 1.82) is 0 Å². The number of imide groups is 1. The normalized spacial score (nSPS) is 21.5. The molecule has 3 rings (SSSR count). The highest BCUT2D eigenvalue weighted by Gasteiger charge is 2.38. The van der Waals surface area contributed by atoms with E-state index in [1.165, 1.54) is 6.07 Å². The number of nitrogens with one attached hydrogen (secondary N) is 1. The maximum atomic E-state index is 12.7. The van der Waals surface area contributed by atoms with Gasteiger partial charge in [0.2, 0.25) is 11.8 Å². The molecule has 2 aliphatic heterocycles. The standard InChI is InChI=1S/C14H12F3N3O2/c1-7-18-10-4-9(14(15,16)17)3-2-8(10)6-20(7)11-5-12(21)19-13(11)22/h2-4,11H,5-6H2,1H3,(H,19,21,22). The minimum absolute atomic E-state index is 0.0294. The molecule has 2 heterocycles. The number of carbonyl (C=O) groups is 2. The Bertz CT molecular complexity index is 697. The van der Waals surface area contributed by atoms with E-state index >= 15 is 0 Å². The maximum Gasteiger partial charge on any atom is 0.416 e. The molecule has 1 saturated heterocycles. The molecule has 0 aliphatic carbocycles. The highest BCUT2D eigenvalue weighted by Crippen LogP contribution is 2.36. The molecule has 0 spiro atoms. The van der Waals surface area contributed by atoms with Crippen molar-refractivity contribution >= 4 is 23.3 Å². The van der Waals surface area contributed by atoms with Crippen LogP contribution >= 0.6 is 0 Å². The van der Waals surface area contributed by atoms with Crippen molar-refractivity contribution in [2.24, 2.45) is 4.99 Å². The van der Waals surface area contributed by atoms with Crippen LogP contribution < -0.4 is 5.32 Å². The Balaban J connectivity index is 1.93. The fraction of sp³-hybridized carbons (Fsp3) is 0.357. The molecule has 1 N–H and O–H groups in total. The van der Waals surface area contributed by atoms with Crippen LogP contribution in [0.25, 0.3) is 0 Å². The number of amidine groups is 1. The molecular weight excluding hydrogens is 299 g/mol. The van der Waals surface area contributed by atoms with Crippen molar-refractivity contribution in [1.82, 2.24) is 10.2 Å². The summed E-state index contributed by atoms with van der Waals surface area (Å²) in [6.07, 6.45) is -4.39. The van der Waals surface area contributed by atoms with E-state index in [1.807, 2.05) is 0 Å². The molecule has 2 amide bonds. The van der Waals surface area contributed by atoms with Crippen molar-refractivity contribution in [3.05, 3.63) is 29.3 Å². The third kappa shape index (κ3) is 2.44. The summed E-state index contributed by atoms with van der Waals surface area (Å²) in [7, 11) is 0. The average molecular weight is 311 g/mol. The number of rotatable bonds is 1. The second-order valence-electron chi connectivity index (χ2n) is 5.26. The lowest BCUT2D eigenvalue weighted by atomic mass is 10.0. The van der Waals surface area contributed by atoms with Crippen molar-refractivity contribution in [3.63, 3.8) is 0 Å². The monoisotopic (exact) mass is 311 g/mol. The van der Waals surface area contributed by atoms with Crippen LogP contribution in [-0.4, -0.2) is 28.6 Å². The van der Waals surface area contributed by atoms with Crippen LogP contribution in [0.2, 0.25) is 0 Å². The number of hydrogen-bond acceptors (Lipinski definition) is 4. The molecule has 5 nitrogen and oxygen atoms in total. The van der Waals surface area contributed by atoms with Crippen LogP contribution in [-0.2, 0) is 22.3 Å². The van der Waals surface area contributed by atoms with Crippen LogP contribution in [0.3, 0.4) is 0 Å². The molecule has 1 fully saturated rings. The third-order valence-corrected chi connectivity index (χ3v) is 3.77. The fourth-order valence-corrected chi connectivity index (χ4v) is 2.64. The lowest BCUT2D eigenvalue weighted by molar-refractivity contribution is -0.137. The number of amides is 2. The second kappa shape index (κ2) is 4.82. The van der Waals surface area contributed by atoms with Crippen LogP contribution in [0.4, 0.5) is 18.9 Å². The van der Waals surface area contributed by atoms with Crippen molar-refractivity contribution in [2.45, 2.75) is 32.1 Å². The molecule has 1 aromatic carbocycles. The summed E-state index contributed by atoms with van der Waals surface area (Å²) in [6, 6.07) is 2.69. The predicted octanol–water partition coefficient (Wildman–Crippen LogP) is 1.99. The third-order valence-electron chi connectivity index (χ3n) is 3.77. The van der Waals surface area contributed by atoms with Gasteiger partial charge in [-0.3, -0.25) is 14.9 Å². The van der Waals surface area contributed by atoms with Gasteiger partial charge in [-0.25, -0.2) is 4.99 Å². The molecule has 116 valence electrons. The van der Waals surface area contributed by atoms with Gasteiger partial charge in [0.05, 0.1) is 17.7 Å². The van der Waals surface area contributed by atoms with Crippen LogP contribution in [0, 0.1) is 0 Å². The van der Waals surface area contributed by atoms with Crippen LogP contribution in [0.5, 0.6) is 0 Å². The summed E-state index contributed by atoms with van der Waals surface area (Å²) in [5, 5.41) is 2.21. The molecular formula is C14H12F3N3O2. The zero-order chi connectivity index (χ0) is 16.1. The zero-order valence-electron chi connectivity index (χ0n) is 11.6. The summed E-state index contributed by atoms with van der Waals surface area (Å²) in [4.78, 5) is 28.8. The molecule has 0 bridgehead atoms. The molecule has 2 aliphatic rings. The van der Waals surface area contributed by atoms with Gasteiger partial charge in [-0.2, -0.15) is 13.2 Å². The Kier molecular flexibility index (Phi) is 3.19. The topological polar surface area (TPSA) is 61.8 Å². The van der Waals surface area contributed by atoms with Gasteiger partial charge in [0, 0.05) is 6.54 Å². The number of alkyl halides is 3. The lowest BCUT2D eigenvalue weighted by Gasteiger charge is -2.32. The largest absolute Gasteiger partial charge is 0.416 e. The van der Waals surface area contributed by atoms with Gasteiger partial charge >= 0.3 is 6.18 Å². The Morgan fingerprint density at radius 3 is 2.64 bits per heavy atom. The summed E-state index contributed by atoms with van der Waals surface area (Å²) in [5.74, 6) is -0.349. The molecule has 0 radical (unpaired) electrons. The molecule has 0 saturated carbocycles. The average Bonchev–Trinajstić information content (AvgIpc) is 2.75. The first-order valence-corrected chi connectivity index (χ1v) is 6.61. The van der Waals surface area contributed by atoms with E-state index < -0.39 is 23.7 Å². The molecule has 1 unspecified atom stereocenters. The first-order chi connectivity index (χ1) is 10.3. The second-order valence-corrected chi connectivity index (χ2v) is 5.26. The molecule has 0 aromatic heterocycles. The Labute approximate surface area is 123 Å². The highest BCUT2D eigenvalue weighted by atomic mass is 19.4. The Morgan fingerprint density at radius 2 is 2.05 bits per heavy atom. The van der Waals surface area contributed by atoms with E-state index in [2.05, 4.69) is 10.3 Å². The van der Waals surface area contributed by atoms with Gasteiger partial charge < -0.3 is 4.90 Å². The molecule has 1 atom stereocenters. The number of halogens is 3. The summed E-state index contributed by atoms with van der Waals surface area (Å²) in [5.41, 5.74) is 0.0732. The van der Waals surface area contributed by atoms with E-state index in [4.69, 9.17) is 0 Å². The number of hydrogen-bond donors (Lipinski definition) is 1. The van der Waals surface area contributed by atoms with Crippen LogP contribution in [0.15, 0.2) is 23.2 Å². The minimum Gasteiger partial charge on any atom is -0.343 e. The van der Waals surface area contributed by atoms with Gasteiger partial charge in [0.1, 0.15) is 11.9 Å². The summed E-state index contributed by atoms with van der Waals surface area (Å²) >= 11 is 0. The zero-order valence-corrected chi connectivity index (χ0v) is 11.6. The first-order valence-electron chi connectivity index (χ1n) is 6.61. The van der Waals surface area contributed by atoms with E-state index in [0.29, 0.717) is 11.4 Å². The quantitative estimate of drug-likeness (QED) is 0.807. The molecule has 22 heavy (non-hydrogen) atoms. The summed E-state index contributed by atoms with van der Waals surface area (Å²) < 4.78 is 38.2. The van der Waals surface area contributed by atoms with Crippen LogP contribution in [0.1, 0.15) is 24.5 Å². The lowest BCUT2D eigenvalue weighted by Crippen LogP contribution is -2.44. The van der Waals surface area contributed by atoms with Gasteiger partial charge in [0.15, 0.2) is 0 Å². The smallest absolute Gasteiger partial charge is 0.343 e. The van der Waals surface area contributed by atoms with Gasteiger partial charge in [-0.15, -0.1) is 0 Å². The molecule has 8 heteroatoms. The number of benzene rings is 1. The maximum absolute atomic E-state index is 12.7. The number of nitrogens with zero attached hydrogens (tertiary/aromatic N) is 2. The number of fused-ring (bicyclic) bond motifs is 1. The van der Waals surface area contributed by atoms with Gasteiger partial charge in [0.25, 0.3) is 0 Å². The number of aliphatic imine (C=N–C) groups is 1. The predicted molar refractivity (Wildman–Crippen MR) is 71.3 cm³/mol. The molecule has 1 aromatic rings. The Hall–Kier alpha value is -2.38. The highest BCUT2D eigenvalue weighted by molar-refractivity contribution is 6.07. The van der Waals surface area contributed by atoms with Gasteiger partial charge in [-0.1, -0.05) is 6.07 Å². The van der Waals surface area contributed by atoms with Crippen molar-refractivity contribution < 1.29 is 22.8 Å². The van der Waals surface area contributed by atoms with Gasteiger partial charge in [-0.05, 0) is 24.6 Å². The summed E-state index contributed by atoms with van der Waals surface area (Å²) in [6.45, 7) is 1.85. The minimum atomic E-state index is -4.42. The van der Waals surface area contributed by atoms with E-state index in [9.17, 15) is 22.8 Å². The SMILES string of the molecule is CC1=Nc2cc(C(F)(F)F)ccc2CN1C1CC(=O)NC1=O. The number of carbonyl (C=O) groups excluding carboxylic acids is 2. The first kappa shape index (κ1) is 14.6.